The standard InChI is InChI=1S/C26H32N4O2/c1-19-16-21(17-22(18-27)26(31)28-23-6-4-3-5-7-23)20(2)30(19)25-10-8-24(9-11-25)29-12-14-32-15-13-29/h8-11,16-17,23H,3-7,12-15H2,1-2H3,(H,28,31)/b22-17-. The third kappa shape index (κ3) is 4.89. The van der Waals surface area contributed by atoms with Crippen LogP contribution < -0.4 is 10.2 Å². The van der Waals surface area contributed by atoms with Crippen LogP contribution in [0.2, 0.25) is 0 Å². The van der Waals surface area contributed by atoms with E-state index in [0.29, 0.717) is 0 Å². The number of nitrogens with one attached hydrogen (secondary N) is 1. The first-order chi connectivity index (χ1) is 15.6. The summed E-state index contributed by atoms with van der Waals surface area (Å²) in [5.74, 6) is -0.265. The van der Waals surface area contributed by atoms with Crippen molar-refractivity contribution >= 4 is 17.7 Å². The summed E-state index contributed by atoms with van der Waals surface area (Å²) in [4.78, 5) is 15.0. The summed E-state index contributed by atoms with van der Waals surface area (Å²) < 4.78 is 7.62. The Hall–Kier alpha value is -3.04. The van der Waals surface area contributed by atoms with Crippen molar-refractivity contribution in [3.8, 4) is 11.8 Å². The first kappa shape index (κ1) is 22.2. The summed E-state index contributed by atoms with van der Waals surface area (Å²) in [6.07, 6.45) is 7.23. The van der Waals surface area contributed by atoms with Crippen LogP contribution in [0.25, 0.3) is 11.8 Å². The van der Waals surface area contributed by atoms with Crippen LogP contribution in [0.1, 0.15) is 49.1 Å². The van der Waals surface area contributed by atoms with Crippen molar-refractivity contribution < 1.29 is 9.53 Å². The quantitative estimate of drug-likeness (QED) is 0.565. The van der Waals surface area contributed by atoms with Crippen molar-refractivity contribution in [3.63, 3.8) is 0 Å². The number of aromatic nitrogens is 1. The summed E-state index contributed by atoms with van der Waals surface area (Å²) in [7, 11) is 0. The van der Waals surface area contributed by atoms with E-state index in [0.717, 1.165) is 74.6 Å². The lowest BCUT2D eigenvalue weighted by Gasteiger charge is -2.29. The number of morpholine rings is 1. The Morgan fingerprint density at radius 1 is 1.09 bits per heavy atom. The molecule has 1 aliphatic heterocycles. The van der Waals surface area contributed by atoms with Crippen LogP contribution in [0.3, 0.4) is 0 Å². The Kier molecular flexibility index (Phi) is 6.96. The Labute approximate surface area is 190 Å². The van der Waals surface area contributed by atoms with Gasteiger partial charge in [0, 0.05) is 41.9 Å². The van der Waals surface area contributed by atoms with Gasteiger partial charge >= 0.3 is 0 Å². The van der Waals surface area contributed by atoms with E-state index in [1.165, 1.54) is 12.1 Å². The van der Waals surface area contributed by atoms with Crippen LogP contribution in [-0.4, -0.2) is 42.8 Å². The Morgan fingerprint density at radius 2 is 1.75 bits per heavy atom. The lowest BCUT2D eigenvalue weighted by atomic mass is 9.95. The molecule has 1 aliphatic carbocycles. The monoisotopic (exact) mass is 432 g/mol. The normalized spacial score (nSPS) is 17.8. The minimum atomic E-state index is -0.265. The highest BCUT2D eigenvalue weighted by molar-refractivity contribution is 6.02. The number of aryl methyl sites for hydroxylation is 1. The third-order valence-corrected chi connectivity index (χ3v) is 6.56. The lowest BCUT2D eigenvalue weighted by Crippen LogP contribution is -2.36. The van der Waals surface area contributed by atoms with E-state index >= 15 is 0 Å². The molecule has 2 fully saturated rings. The molecule has 0 atom stereocenters. The number of amides is 1. The highest BCUT2D eigenvalue weighted by Gasteiger charge is 2.19. The number of anilines is 1. The van der Waals surface area contributed by atoms with Crippen molar-refractivity contribution in [1.82, 2.24) is 9.88 Å². The van der Waals surface area contributed by atoms with Gasteiger partial charge in [0.25, 0.3) is 5.91 Å². The molecule has 2 aromatic rings. The number of carbonyl (C=O) groups excluding carboxylic acids is 1. The van der Waals surface area contributed by atoms with Crippen molar-refractivity contribution in [2.24, 2.45) is 0 Å². The molecule has 4 rings (SSSR count). The molecule has 1 N–H and O–H groups in total. The van der Waals surface area contributed by atoms with E-state index in [4.69, 9.17) is 4.74 Å². The predicted octanol–water partition coefficient (Wildman–Crippen LogP) is 4.29. The number of ether oxygens (including phenoxy) is 1. The number of hydrogen-bond donors (Lipinski definition) is 1. The Morgan fingerprint density at radius 3 is 2.41 bits per heavy atom. The van der Waals surface area contributed by atoms with Crippen molar-refractivity contribution in [3.05, 3.63) is 52.9 Å². The van der Waals surface area contributed by atoms with Crippen LogP contribution in [0.15, 0.2) is 35.9 Å². The van der Waals surface area contributed by atoms with Gasteiger partial charge in [-0.1, -0.05) is 19.3 Å². The second-order valence-electron chi connectivity index (χ2n) is 8.76. The second-order valence-corrected chi connectivity index (χ2v) is 8.76. The summed E-state index contributed by atoms with van der Waals surface area (Å²) in [5.41, 5.74) is 5.42. The number of carbonyl (C=O) groups is 1. The Balaban J connectivity index is 1.54. The fourth-order valence-electron chi connectivity index (χ4n) is 4.78. The van der Waals surface area contributed by atoms with Crippen LogP contribution >= 0.6 is 0 Å². The number of nitrogens with zero attached hydrogens (tertiary/aromatic N) is 3. The zero-order valence-electron chi connectivity index (χ0n) is 19.1. The topological polar surface area (TPSA) is 70.3 Å². The van der Waals surface area contributed by atoms with Crippen LogP contribution in [0, 0.1) is 25.2 Å². The van der Waals surface area contributed by atoms with Crippen molar-refractivity contribution in [2.45, 2.75) is 52.0 Å². The molecule has 1 aromatic carbocycles. The first-order valence-corrected chi connectivity index (χ1v) is 11.6. The number of rotatable bonds is 5. The summed E-state index contributed by atoms with van der Waals surface area (Å²) >= 11 is 0. The number of hydrogen-bond acceptors (Lipinski definition) is 4. The zero-order chi connectivity index (χ0) is 22.5. The summed E-state index contributed by atoms with van der Waals surface area (Å²) in [6.45, 7) is 7.44. The average Bonchev–Trinajstić information content (AvgIpc) is 3.11. The van der Waals surface area contributed by atoms with Gasteiger partial charge in [-0.2, -0.15) is 5.26 Å². The van der Waals surface area contributed by atoms with Gasteiger partial charge in [0.15, 0.2) is 0 Å². The fraction of sp³-hybridized carbons (Fsp3) is 0.462. The average molecular weight is 433 g/mol. The molecule has 0 bridgehead atoms. The van der Waals surface area contributed by atoms with E-state index < -0.39 is 0 Å². The molecule has 1 saturated heterocycles. The molecule has 2 aliphatic rings. The molecule has 168 valence electrons. The van der Waals surface area contributed by atoms with Gasteiger partial charge in [0.2, 0.25) is 0 Å². The smallest absolute Gasteiger partial charge is 0.262 e. The SMILES string of the molecule is Cc1cc(/C=C(/C#N)C(=O)NC2CCCCC2)c(C)n1-c1ccc(N2CCOCC2)cc1. The molecule has 1 aromatic heterocycles. The largest absolute Gasteiger partial charge is 0.378 e. The molecule has 6 nitrogen and oxygen atoms in total. The molecule has 1 amide bonds. The van der Waals surface area contributed by atoms with Gasteiger partial charge in [-0.15, -0.1) is 0 Å². The fourth-order valence-corrected chi connectivity index (χ4v) is 4.78. The number of nitriles is 1. The lowest BCUT2D eigenvalue weighted by molar-refractivity contribution is -0.117. The zero-order valence-corrected chi connectivity index (χ0v) is 19.1. The highest BCUT2D eigenvalue weighted by Crippen LogP contribution is 2.25. The second kappa shape index (κ2) is 10.1. The van der Waals surface area contributed by atoms with E-state index in [-0.39, 0.29) is 17.5 Å². The molecule has 0 radical (unpaired) electrons. The molecule has 0 unspecified atom stereocenters. The molecule has 6 heteroatoms. The summed E-state index contributed by atoms with van der Waals surface area (Å²) in [5, 5.41) is 12.7. The van der Waals surface area contributed by atoms with Gasteiger partial charge in [-0.05, 0) is 68.7 Å². The maximum absolute atomic E-state index is 12.7. The number of benzene rings is 1. The van der Waals surface area contributed by atoms with Gasteiger partial charge in [0.1, 0.15) is 11.6 Å². The first-order valence-electron chi connectivity index (χ1n) is 11.6. The van der Waals surface area contributed by atoms with E-state index in [1.807, 2.05) is 19.9 Å². The van der Waals surface area contributed by atoms with Crippen LogP contribution in [0.5, 0.6) is 0 Å². The van der Waals surface area contributed by atoms with Crippen LogP contribution in [-0.2, 0) is 9.53 Å². The molecule has 2 heterocycles. The molecular weight excluding hydrogens is 400 g/mol. The maximum atomic E-state index is 12.7. The third-order valence-electron chi connectivity index (χ3n) is 6.56. The summed E-state index contributed by atoms with van der Waals surface area (Å²) in [6, 6.07) is 12.9. The molecule has 0 spiro atoms. The minimum Gasteiger partial charge on any atom is -0.378 e. The van der Waals surface area contributed by atoms with Gasteiger partial charge in [-0.25, -0.2) is 0 Å². The maximum Gasteiger partial charge on any atom is 0.262 e. The molecule has 32 heavy (non-hydrogen) atoms. The highest BCUT2D eigenvalue weighted by atomic mass is 16.5. The van der Waals surface area contributed by atoms with E-state index in [9.17, 15) is 10.1 Å². The van der Waals surface area contributed by atoms with Gasteiger partial charge < -0.3 is 19.5 Å². The van der Waals surface area contributed by atoms with Gasteiger partial charge in [-0.3, -0.25) is 4.79 Å². The van der Waals surface area contributed by atoms with Gasteiger partial charge in [0.05, 0.1) is 13.2 Å². The van der Waals surface area contributed by atoms with E-state index in [1.54, 1.807) is 6.08 Å². The Bertz CT molecular complexity index is 1020. The molecule has 1 saturated carbocycles. The minimum absolute atomic E-state index is 0.165. The van der Waals surface area contributed by atoms with Crippen molar-refractivity contribution in [2.75, 3.05) is 31.2 Å². The predicted molar refractivity (Wildman–Crippen MR) is 127 cm³/mol. The van der Waals surface area contributed by atoms with Crippen molar-refractivity contribution in [1.29, 1.82) is 5.26 Å². The van der Waals surface area contributed by atoms with E-state index in [2.05, 4.69) is 45.1 Å². The van der Waals surface area contributed by atoms with Crippen LogP contribution in [0.4, 0.5) is 5.69 Å². The molecular formula is C26H32N4O2.